The van der Waals surface area contributed by atoms with Gasteiger partial charge in [0.05, 0.1) is 0 Å². The summed E-state index contributed by atoms with van der Waals surface area (Å²) in [6.07, 6.45) is 5.73. The summed E-state index contributed by atoms with van der Waals surface area (Å²) in [7, 11) is 0. The van der Waals surface area contributed by atoms with Crippen molar-refractivity contribution in [2.45, 2.75) is 45.4 Å². The molecule has 0 radical (unpaired) electrons. The molecule has 0 bridgehead atoms. The monoisotopic (exact) mass is 218 g/mol. The van der Waals surface area contributed by atoms with Gasteiger partial charge in [0.25, 0.3) is 0 Å². The minimum Gasteiger partial charge on any atom is -0.207 e. The summed E-state index contributed by atoms with van der Waals surface area (Å²) in [5, 5.41) is 0. The second-order valence-electron chi connectivity index (χ2n) is 5.18. The topological polar surface area (TPSA) is 0 Å². The van der Waals surface area contributed by atoms with Gasteiger partial charge in [-0.3, -0.25) is 0 Å². The van der Waals surface area contributed by atoms with Crippen LogP contribution in [0.2, 0.25) is 0 Å². The Bertz CT molecular complexity index is 427. The number of fused-ring (bicyclic) bond motifs is 1. The molecule has 1 heteroatoms. The molecule has 16 heavy (non-hydrogen) atoms. The van der Waals surface area contributed by atoms with Gasteiger partial charge in [-0.25, -0.2) is 4.39 Å². The zero-order chi connectivity index (χ0) is 11.8. The average Bonchev–Trinajstić information content (AvgIpc) is 2.47. The molecular formula is C15H19F. The summed E-state index contributed by atoms with van der Waals surface area (Å²) in [5.74, 6) is -0.126. The quantitative estimate of drug-likeness (QED) is 0.690. The van der Waals surface area contributed by atoms with E-state index in [0.717, 1.165) is 12.0 Å². The molecule has 1 aromatic carbocycles. The van der Waals surface area contributed by atoms with Crippen LogP contribution in [0.3, 0.4) is 0 Å². The average molecular weight is 218 g/mol. The molecule has 0 saturated heterocycles. The summed E-state index contributed by atoms with van der Waals surface area (Å²) in [5.41, 5.74) is 3.77. The highest BCUT2D eigenvalue weighted by Gasteiger charge is 2.29. The van der Waals surface area contributed by atoms with Crippen molar-refractivity contribution >= 4 is 5.57 Å². The highest BCUT2D eigenvalue weighted by Crippen LogP contribution is 2.42. The molecule has 0 saturated carbocycles. The van der Waals surface area contributed by atoms with Crippen LogP contribution < -0.4 is 0 Å². The fourth-order valence-electron chi connectivity index (χ4n) is 2.51. The van der Waals surface area contributed by atoms with Gasteiger partial charge >= 0.3 is 0 Å². The van der Waals surface area contributed by atoms with E-state index in [0.29, 0.717) is 0 Å². The Morgan fingerprint density at radius 1 is 1.25 bits per heavy atom. The predicted octanol–water partition coefficient (Wildman–Crippen LogP) is 4.69. The Kier molecular flexibility index (Phi) is 2.88. The van der Waals surface area contributed by atoms with Gasteiger partial charge in [-0.2, -0.15) is 0 Å². The zero-order valence-electron chi connectivity index (χ0n) is 10.3. The summed E-state index contributed by atoms with van der Waals surface area (Å²) in [6.45, 7) is 6.58. The minimum absolute atomic E-state index is 0.0616. The van der Waals surface area contributed by atoms with Gasteiger partial charge in [-0.15, -0.1) is 0 Å². The summed E-state index contributed by atoms with van der Waals surface area (Å²) >= 11 is 0. The first kappa shape index (κ1) is 11.4. The van der Waals surface area contributed by atoms with Gasteiger partial charge in [0, 0.05) is 5.41 Å². The molecule has 0 amide bonds. The van der Waals surface area contributed by atoms with Crippen LogP contribution in [0.25, 0.3) is 5.57 Å². The lowest BCUT2D eigenvalue weighted by molar-refractivity contribution is 0.622. The number of hydrogen-bond donors (Lipinski definition) is 0. The molecule has 0 heterocycles. The van der Waals surface area contributed by atoms with Gasteiger partial charge in [-0.1, -0.05) is 39.3 Å². The molecule has 0 atom stereocenters. The normalized spacial score (nSPS) is 17.1. The van der Waals surface area contributed by atoms with E-state index in [2.05, 4.69) is 26.8 Å². The SMILES string of the molecule is CCCCC1=CC(C)(C)c2ccc(F)cc21. The Balaban J connectivity index is 2.40. The largest absolute Gasteiger partial charge is 0.207 e. The van der Waals surface area contributed by atoms with Crippen LogP contribution in [0, 0.1) is 5.82 Å². The first-order valence-electron chi connectivity index (χ1n) is 6.07. The third-order valence-electron chi connectivity index (χ3n) is 3.36. The highest BCUT2D eigenvalue weighted by molar-refractivity contribution is 5.76. The van der Waals surface area contributed by atoms with E-state index >= 15 is 0 Å². The van der Waals surface area contributed by atoms with E-state index in [9.17, 15) is 4.39 Å². The molecule has 0 unspecified atom stereocenters. The second kappa shape index (κ2) is 4.04. The number of benzene rings is 1. The number of rotatable bonds is 3. The Morgan fingerprint density at radius 3 is 2.69 bits per heavy atom. The van der Waals surface area contributed by atoms with E-state index in [1.54, 1.807) is 12.1 Å². The van der Waals surface area contributed by atoms with E-state index in [1.165, 1.54) is 24.0 Å². The van der Waals surface area contributed by atoms with Crippen LogP contribution in [0.5, 0.6) is 0 Å². The van der Waals surface area contributed by atoms with Crippen molar-refractivity contribution in [2.24, 2.45) is 0 Å². The molecule has 1 aliphatic carbocycles. The van der Waals surface area contributed by atoms with E-state index in [1.807, 2.05) is 6.07 Å². The van der Waals surface area contributed by atoms with Crippen LogP contribution >= 0.6 is 0 Å². The lowest BCUT2D eigenvalue weighted by atomic mass is 9.87. The summed E-state index contributed by atoms with van der Waals surface area (Å²) in [4.78, 5) is 0. The number of halogens is 1. The maximum atomic E-state index is 13.3. The van der Waals surface area contributed by atoms with Crippen LogP contribution in [0.4, 0.5) is 4.39 Å². The van der Waals surface area contributed by atoms with E-state index in [-0.39, 0.29) is 11.2 Å². The third-order valence-corrected chi connectivity index (χ3v) is 3.36. The molecule has 1 aliphatic rings. The van der Waals surface area contributed by atoms with E-state index < -0.39 is 0 Å². The highest BCUT2D eigenvalue weighted by atomic mass is 19.1. The summed E-state index contributed by atoms with van der Waals surface area (Å²) < 4.78 is 13.3. The van der Waals surface area contributed by atoms with Crippen molar-refractivity contribution in [3.05, 3.63) is 41.2 Å². The van der Waals surface area contributed by atoms with Crippen LogP contribution in [-0.4, -0.2) is 0 Å². The van der Waals surface area contributed by atoms with Crippen molar-refractivity contribution in [1.29, 1.82) is 0 Å². The fraction of sp³-hybridized carbons (Fsp3) is 0.467. The molecule has 0 nitrogen and oxygen atoms in total. The Morgan fingerprint density at radius 2 is 2.00 bits per heavy atom. The van der Waals surface area contributed by atoms with Gasteiger partial charge in [0.15, 0.2) is 0 Å². The first-order chi connectivity index (χ1) is 7.54. The maximum Gasteiger partial charge on any atom is 0.123 e. The second-order valence-corrected chi connectivity index (χ2v) is 5.18. The number of hydrogen-bond acceptors (Lipinski definition) is 0. The lowest BCUT2D eigenvalue weighted by Crippen LogP contribution is -2.10. The number of allylic oxidation sites excluding steroid dienone is 2. The zero-order valence-corrected chi connectivity index (χ0v) is 10.3. The fourth-order valence-corrected chi connectivity index (χ4v) is 2.51. The first-order valence-corrected chi connectivity index (χ1v) is 6.07. The van der Waals surface area contributed by atoms with Gasteiger partial charge in [-0.05, 0) is 41.7 Å². The predicted molar refractivity (Wildman–Crippen MR) is 66.9 cm³/mol. The van der Waals surface area contributed by atoms with Gasteiger partial charge < -0.3 is 0 Å². The third kappa shape index (κ3) is 1.91. The van der Waals surface area contributed by atoms with Gasteiger partial charge in [0.1, 0.15) is 5.82 Å². The van der Waals surface area contributed by atoms with E-state index in [4.69, 9.17) is 0 Å². The van der Waals surface area contributed by atoms with Gasteiger partial charge in [0.2, 0.25) is 0 Å². The summed E-state index contributed by atoms with van der Waals surface area (Å²) in [6, 6.07) is 5.18. The molecule has 0 N–H and O–H groups in total. The molecule has 2 rings (SSSR count). The van der Waals surface area contributed by atoms with Crippen molar-refractivity contribution in [2.75, 3.05) is 0 Å². The molecule has 0 aliphatic heterocycles. The molecule has 86 valence electrons. The molecule has 0 aromatic heterocycles. The van der Waals surface area contributed by atoms with Crippen LogP contribution in [-0.2, 0) is 5.41 Å². The molecule has 0 fully saturated rings. The maximum absolute atomic E-state index is 13.3. The number of unbranched alkanes of at least 4 members (excludes halogenated alkanes) is 1. The Hall–Kier alpha value is -1.11. The standard InChI is InChI=1S/C15H19F/c1-4-5-6-11-10-15(2,3)14-8-7-12(16)9-13(11)14/h7-10H,4-6H2,1-3H3. The Labute approximate surface area is 97.2 Å². The molecule has 0 spiro atoms. The van der Waals surface area contributed by atoms with Crippen molar-refractivity contribution in [3.8, 4) is 0 Å². The molecular weight excluding hydrogens is 199 g/mol. The molecule has 1 aromatic rings. The minimum atomic E-state index is -0.126. The smallest absolute Gasteiger partial charge is 0.123 e. The van der Waals surface area contributed by atoms with Crippen LogP contribution in [0.15, 0.2) is 24.3 Å². The lowest BCUT2D eigenvalue weighted by Gasteiger charge is -2.17. The van der Waals surface area contributed by atoms with Crippen molar-refractivity contribution < 1.29 is 4.39 Å². The van der Waals surface area contributed by atoms with Crippen molar-refractivity contribution in [3.63, 3.8) is 0 Å². The van der Waals surface area contributed by atoms with Crippen molar-refractivity contribution in [1.82, 2.24) is 0 Å². The van der Waals surface area contributed by atoms with Crippen LogP contribution in [0.1, 0.15) is 51.2 Å².